The Morgan fingerprint density at radius 1 is 0.957 bits per heavy atom. The van der Waals surface area contributed by atoms with Gasteiger partial charge in [0.05, 0.1) is 6.04 Å². The van der Waals surface area contributed by atoms with E-state index in [0.717, 1.165) is 11.1 Å². The van der Waals surface area contributed by atoms with Crippen LogP contribution in [0.4, 0.5) is 0 Å². The van der Waals surface area contributed by atoms with Crippen molar-refractivity contribution in [2.45, 2.75) is 32.7 Å². The predicted molar refractivity (Wildman–Crippen MR) is 92.6 cm³/mol. The summed E-state index contributed by atoms with van der Waals surface area (Å²) in [5.74, 6) is 1.13. The molecule has 3 aromatic rings. The quantitative estimate of drug-likeness (QED) is 0.696. The van der Waals surface area contributed by atoms with Crippen molar-refractivity contribution in [3.63, 3.8) is 0 Å². The summed E-state index contributed by atoms with van der Waals surface area (Å²) in [5.41, 5.74) is 3.24. The normalized spacial score (nSPS) is 12.6. The van der Waals surface area contributed by atoms with Gasteiger partial charge in [-0.3, -0.25) is 0 Å². The smallest absolute Gasteiger partial charge is 0.156 e. The second-order valence-electron chi connectivity index (χ2n) is 5.91. The summed E-state index contributed by atoms with van der Waals surface area (Å²) < 4.78 is 0. The SMILES string of the molecule is CC(C)c1ccc(-c2nnn([C@H](C)c3ccccc3Cl)n2)cc1. The Kier molecular flexibility index (Phi) is 4.44. The third-order valence-corrected chi connectivity index (χ3v) is 4.31. The monoisotopic (exact) mass is 326 g/mol. The summed E-state index contributed by atoms with van der Waals surface area (Å²) in [4.78, 5) is 1.60. The van der Waals surface area contributed by atoms with E-state index >= 15 is 0 Å². The summed E-state index contributed by atoms with van der Waals surface area (Å²) in [7, 11) is 0. The van der Waals surface area contributed by atoms with E-state index in [1.165, 1.54) is 5.56 Å². The van der Waals surface area contributed by atoms with Crippen LogP contribution in [0.5, 0.6) is 0 Å². The minimum Gasteiger partial charge on any atom is -0.156 e. The second kappa shape index (κ2) is 6.50. The number of benzene rings is 2. The van der Waals surface area contributed by atoms with Gasteiger partial charge in [0, 0.05) is 10.6 Å². The minimum atomic E-state index is -0.0695. The van der Waals surface area contributed by atoms with Crippen molar-refractivity contribution < 1.29 is 0 Å². The molecule has 0 N–H and O–H groups in total. The van der Waals surface area contributed by atoms with E-state index in [2.05, 4.69) is 41.4 Å². The first-order valence-electron chi connectivity index (χ1n) is 7.70. The molecule has 0 bridgehead atoms. The van der Waals surface area contributed by atoms with E-state index in [0.29, 0.717) is 16.8 Å². The van der Waals surface area contributed by atoms with Gasteiger partial charge in [0.25, 0.3) is 0 Å². The van der Waals surface area contributed by atoms with Crippen LogP contribution in [0.2, 0.25) is 5.02 Å². The average molecular weight is 327 g/mol. The van der Waals surface area contributed by atoms with Crippen molar-refractivity contribution in [2.75, 3.05) is 0 Å². The van der Waals surface area contributed by atoms with Crippen LogP contribution in [-0.2, 0) is 0 Å². The Labute approximate surface area is 141 Å². The van der Waals surface area contributed by atoms with Crippen molar-refractivity contribution in [1.82, 2.24) is 20.2 Å². The van der Waals surface area contributed by atoms with Crippen LogP contribution in [0.1, 0.15) is 43.9 Å². The molecule has 1 aromatic heterocycles. The van der Waals surface area contributed by atoms with Gasteiger partial charge in [-0.1, -0.05) is 67.9 Å². The molecule has 0 amide bonds. The van der Waals surface area contributed by atoms with Crippen molar-refractivity contribution in [3.05, 3.63) is 64.7 Å². The molecule has 0 unspecified atom stereocenters. The first-order chi connectivity index (χ1) is 11.1. The molecule has 0 fully saturated rings. The van der Waals surface area contributed by atoms with Gasteiger partial charge in [-0.25, -0.2) is 0 Å². The van der Waals surface area contributed by atoms with Gasteiger partial charge in [0.2, 0.25) is 5.82 Å². The minimum absolute atomic E-state index is 0.0695. The molecule has 2 aromatic carbocycles. The maximum Gasteiger partial charge on any atom is 0.204 e. The van der Waals surface area contributed by atoms with E-state index in [-0.39, 0.29) is 6.04 Å². The van der Waals surface area contributed by atoms with Crippen molar-refractivity contribution >= 4 is 11.6 Å². The van der Waals surface area contributed by atoms with Crippen LogP contribution >= 0.6 is 11.6 Å². The average Bonchev–Trinajstić information content (AvgIpc) is 3.05. The lowest BCUT2D eigenvalue weighted by molar-refractivity contribution is 0.481. The number of tetrazole rings is 1. The molecule has 4 nitrogen and oxygen atoms in total. The molecule has 1 atom stereocenters. The van der Waals surface area contributed by atoms with E-state index in [9.17, 15) is 0 Å². The second-order valence-corrected chi connectivity index (χ2v) is 6.31. The highest BCUT2D eigenvalue weighted by Gasteiger charge is 2.15. The Balaban J connectivity index is 1.87. The summed E-state index contributed by atoms with van der Waals surface area (Å²) in [5, 5.41) is 13.6. The van der Waals surface area contributed by atoms with Gasteiger partial charge >= 0.3 is 0 Å². The molecule has 0 aliphatic carbocycles. The van der Waals surface area contributed by atoms with Crippen molar-refractivity contribution in [1.29, 1.82) is 0 Å². The molecule has 0 aliphatic heterocycles. The third kappa shape index (κ3) is 3.27. The highest BCUT2D eigenvalue weighted by atomic mass is 35.5. The molecule has 3 rings (SSSR count). The van der Waals surface area contributed by atoms with Gasteiger partial charge in [0.1, 0.15) is 0 Å². The molecule has 1 heterocycles. The highest BCUT2D eigenvalue weighted by molar-refractivity contribution is 6.31. The van der Waals surface area contributed by atoms with Crippen LogP contribution in [0.15, 0.2) is 48.5 Å². The standard InChI is InChI=1S/C18H19ClN4/c1-12(2)14-8-10-15(11-9-14)18-20-22-23(21-18)13(3)16-6-4-5-7-17(16)19/h4-13H,1-3H3/t13-/m1/s1. The van der Waals surface area contributed by atoms with Gasteiger partial charge in [-0.15, -0.1) is 10.2 Å². The number of rotatable bonds is 4. The van der Waals surface area contributed by atoms with E-state index in [1.807, 2.05) is 43.3 Å². The molecule has 0 aliphatic rings. The first kappa shape index (κ1) is 15.7. The van der Waals surface area contributed by atoms with Gasteiger partial charge in [0.15, 0.2) is 0 Å². The van der Waals surface area contributed by atoms with Gasteiger partial charge < -0.3 is 0 Å². The number of nitrogens with zero attached hydrogens (tertiary/aromatic N) is 4. The zero-order valence-electron chi connectivity index (χ0n) is 13.4. The molecule has 0 radical (unpaired) electrons. The highest BCUT2D eigenvalue weighted by Crippen LogP contribution is 2.25. The Hall–Kier alpha value is -2.20. The lowest BCUT2D eigenvalue weighted by Crippen LogP contribution is -2.11. The van der Waals surface area contributed by atoms with Crippen LogP contribution < -0.4 is 0 Å². The fraction of sp³-hybridized carbons (Fsp3) is 0.278. The Bertz CT molecular complexity index is 793. The zero-order valence-corrected chi connectivity index (χ0v) is 14.2. The van der Waals surface area contributed by atoms with Gasteiger partial charge in [-0.2, -0.15) is 4.80 Å². The number of hydrogen-bond donors (Lipinski definition) is 0. The molecule has 0 saturated carbocycles. The van der Waals surface area contributed by atoms with Crippen LogP contribution in [-0.4, -0.2) is 20.2 Å². The molecule has 0 saturated heterocycles. The Morgan fingerprint density at radius 3 is 2.30 bits per heavy atom. The molecular weight excluding hydrogens is 308 g/mol. The maximum absolute atomic E-state index is 6.25. The predicted octanol–water partition coefficient (Wildman–Crippen LogP) is 4.73. The molecule has 118 valence electrons. The summed E-state index contributed by atoms with van der Waals surface area (Å²) >= 11 is 6.25. The molecule has 23 heavy (non-hydrogen) atoms. The van der Waals surface area contributed by atoms with E-state index in [1.54, 1.807) is 4.80 Å². The number of halogens is 1. The first-order valence-corrected chi connectivity index (χ1v) is 8.08. The topological polar surface area (TPSA) is 43.6 Å². The van der Waals surface area contributed by atoms with Crippen molar-refractivity contribution in [3.8, 4) is 11.4 Å². The zero-order chi connectivity index (χ0) is 16.4. The van der Waals surface area contributed by atoms with Crippen molar-refractivity contribution in [2.24, 2.45) is 0 Å². The maximum atomic E-state index is 6.25. The van der Waals surface area contributed by atoms with E-state index < -0.39 is 0 Å². The lowest BCUT2D eigenvalue weighted by Gasteiger charge is -2.11. The largest absolute Gasteiger partial charge is 0.204 e. The summed E-state index contributed by atoms with van der Waals surface area (Å²) in [6.45, 7) is 6.36. The van der Waals surface area contributed by atoms with Crippen LogP contribution in [0, 0.1) is 0 Å². The Morgan fingerprint density at radius 2 is 1.65 bits per heavy atom. The fourth-order valence-corrected chi connectivity index (χ4v) is 2.75. The summed E-state index contributed by atoms with van der Waals surface area (Å²) in [6, 6.07) is 15.9. The third-order valence-electron chi connectivity index (χ3n) is 3.97. The molecule has 5 heteroatoms. The summed E-state index contributed by atoms with van der Waals surface area (Å²) in [6.07, 6.45) is 0. The van der Waals surface area contributed by atoms with Crippen LogP contribution in [0.25, 0.3) is 11.4 Å². The lowest BCUT2D eigenvalue weighted by atomic mass is 10.0. The molecular formula is C18H19ClN4. The number of hydrogen-bond acceptors (Lipinski definition) is 3. The fourth-order valence-electron chi connectivity index (χ4n) is 2.46. The number of aromatic nitrogens is 4. The molecule has 0 spiro atoms. The van der Waals surface area contributed by atoms with E-state index in [4.69, 9.17) is 11.6 Å². The van der Waals surface area contributed by atoms with Crippen LogP contribution in [0.3, 0.4) is 0 Å². The van der Waals surface area contributed by atoms with Gasteiger partial charge in [-0.05, 0) is 35.2 Å².